The van der Waals surface area contributed by atoms with Crippen LogP contribution in [0.25, 0.3) is 0 Å². The SMILES string of the molecule is CCCCCC1C=[N+](C)CCC1. The molecule has 0 bridgehead atoms. The highest BCUT2D eigenvalue weighted by Gasteiger charge is 2.15. The van der Waals surface area contributed by atoms with E-state index in [2.05, 4.69) is 24.8 Å². The monoisotopic (exact) mass is 168 g/mol. The van der Waals surface area contributed by atoms with Gasteiger partial charge < -0.3 is 0 Å². The Hall–Kier alpha value is -0.330. The van der Waals surface area contributed by atoms with Gasteiger partial charge in [0, 0.05) is 12.3 Å². The summed E-state index contributed by atoms with van der Waals surface area (Å²) in [5.41, 5.74) is 0. The maximum Gasteiger partial charge on any atom is 0.142 e. The average Bonchev–Trinajstić information content (AvgIpc) is 2.05. The summed E-state index contributed by atoms with van der Waals surface area (Å²) in [5, 5.41) is 0. The van der Waals surface area contributed by atoms with E-state index in [1.807, 2.05) is 0 Å². The summed E-state index contributed by atoms with van der Waals surface area (Å²) in [5.74, 6) is 0.885. The van der Waals surface area contributed by atoms with Crippen molar-refractivity contribution in [3.05, 3.63) is 0 Å². The molecule has 0 radical (unpaired) electrons. The second-order valence-corrected chi connectivity index (χ2v) is 4.03. The Morgan fingerprint density at radius 2 is 2.25 bits per heavy atom. The molecule has 1 atom stereocenters. The van der Waals surface area contributed by atoms with Crippen LogP contribution in [0, 0.1) is 5.92 Å². The molecule has 0 N–H and O–H groups in total. The highest BCUT2D eigenvalue weighted by molar-refractivity contribution is 5.55. The average molecular weight is 168 g/mol. The van der Waals surface area contributed by atoms with Crippen molar-refractivity contribution in [3.63, 3.8) is 0 Å². The number of rotatable bonds is 4. The Kier molecular flexibility index (Phi) is 4.34. The van der Waals surface area contributed by atoms with Gasteiger partial charge in [0.2, 0.25) is 0 Å². The fraction of sp³-hybridized carbons (Fsp3) is 0.909. The molecule has 0 aromatic heterocycles. The van der Waals surface area contributed by atoms with Crippen LogP contribution in [0.5, 0.6) is 0 Å². The van der Waals surface area contributed by atoms with Gasteiger partial charge in [0.05, 0.1) is 0 Å². The molecule has 1 nitrogen and oxygen atoms in total. The molecular formula is C11H22N+. The first-order chi connectivity index (χ1) is 5.83. The van der Waals surface area contributed by atoms with Gasteiger partial charge in [0.1, 0.15) is 19.8 Å². The third-order valence-electron chi connectivity index (χ3n) is 2.73. The lowest BCUT2D eigenvalue weighted by Gasteiger charge is -2.14. The predicted octanol–water partition coefficient (Wildman–Crippen LogP) is 2.69. The number of unbranched alkanes of at least 4 members (excludes halogenated alkanes) is 2. The third kappa shape index (κ3) is 3.38. The zero-order chi connectivity index (χ0) is 8.81. The van der Waals surface area contributed by atoms with Gasteiger partial charge in [-0.05, 0) is 12.8 Å². The van der Waals surface area contributed by atoms with Crippen LogP contribution in [0.15, 0.2) is 0 Å². The van der Waals surface area contributed by atoms with Gasteiger partial charge in [-0.2, -0.15) is 0 Å². The molecule has 0 aromatic rings. The summed E-state index contributed by atoms with van der Waals surface area (Å²) in [6, 6.07) is 0. The van der Waals surface area contributed by atoms with Crippen LogP contribution in [0.4, 0.5) is 0 Å². The minimum atomic E-state index is 0.885. The maximum atomic E-state index is 2.43. The second kappa shape index (κ2) is 5.34. The van der Waals surface area contributed by atoms with Crippen molar-refractivity contribution in [1.82, 2.24) is 0 Å². The highest BCUT2D eigenvalue weighted by Crippen LogP contribution is 2.16. The van der Waals surface area contributed by atoms with Crippen LogP contribution in [-0.4, -0.2) is 24.4 Å². The number of nitrogens with zero attached hydrogens (tertiary/aromatic N) is 1. The maximum absolute atomic E-state index is 2.43. The first-order valence-electron chi connectivity index (χ1n) is 5.38. The van der Waals surface area contributed by atoms with Gasteiger partial charge in [-0.15, -0.1) is 0 Å². The summed E-state index contributed by atoms with van der Waals surface area (Å²) in [6.07, 6.45) is 10.8. The van der Waals surface area contributed by atoms with Crippen molar-refractivity contribution < 1.29 is 4.58 Å². The summed E-state index contributed by atoms with van der Waals surface area (Å²) < 4.78 is 2.36. The van der Waals surface area contributed by atoms with E-state index >= 15 is 0 Å². The minimum absolute atomic E-state index is 0.885. The molecule has 12 heavy (non-hydrogen) atoms. The zero-order valence-electron chi connectivity index (χ0n) is 8.55. The van der Waals surface area contributed by atoms with Gasteiger partial charge >= 0.3 is 0 Å². The molecule has 1 unspecified atom stereocenters. The molecule has 0 aromatic carbocycles. The largest absolute Gasteiger partial charge is 0.242 e. The van der Waals surface area contributed by atoms with E-state index in [0.717, 1.165) is 5.92 Å². The minimum Gasteiger partial charge on any atom is -0.242 e. The molecule has 0 saturated heterocycles. The smallest absolute Gasteiger partial charge is 0.142 e. The first kappa shape index (κ1) is 9.76. The van der Waals surface area contributed by atoms with Crippen LogP contribution < -0.4 is 0 Å². The van der Waals surface area contributed by atoms with Crippen LogP contribution in [0.3, 0.4) is 0 Å². The molecule has 1 heterocycles. The molecule has 1 rings (SSSR count). The summed E-state index contributed by atoms with van der Waals surface area (Å²) >= 11 is 0. The lowest BCUT2D eigenvalue weighted by Crippen LogP contribution is -2.21. The van der Waals surface area contributed by atoms with Crippen LogP contribution >= 0.6 is 0 Å². The molecular weight excluding hydrogens is 146 g/mol. The van der Waals surface area contributed by atoms with Crippen molar-refractivity contribution in [2.75, 3.05) is 13.6 Å². The standard InChI is InChI=1S/C11H22N/c1-3-4-5-7-11-8-6-9-12(2)10-11/h10-11H,3-9H2,1-2H3/q+1. The van der Waals surface area contributed by atoms with E-state index in [4.69, 9.17) is 0 Å². The molecule has 0 aliphatic carbocycles. The Morgan fingerprint density at radius 1 is 1.42 bits per heavy atom. The van der Waals surface area contributed by atoms with Gasteiger partial charge in [-0.3, -0.25) is 0 Å². The third-order valence-corrected chi connectivity index (χ3v) is 2.73. The van der Waals surface area contributed by atoms with E-state index in [-0.39, 0.29) is 0 Å². The second-order valence-electron chi connectivity index (χ2n) is 4.03. The van der Waals surface area contributed by atoms with Crippen LogP contribution in [0.2, 0.25) is 0 Å². The van der Waals surface area contributed by atoms with Crippen molar-refractivity contribution >= 4 is 6.21 Å². The van der Waals surface area contributed by atoms with E-state index in [1.54, 1.807) is 0 Å². The van der Waals surface area contributed by atoms with E-state index in [0.29, 0.717) is 0 Å². The van der Waals surface area contributed by atoms with Crippen molar-refractivity contribution in [2.45, 2.75) is 45.4 Å². The quantitative estimate of drug-likeness (QED) is 0.448. The Balaban J connectivity index is 2.18. The molecule has 0 spiro atoms. The van der Waals surface area contributed by atoms with E-state index in [1.165, 1.54) is 45.1 Å². The summed E-state index contributed by atoms with van der Waals surface area (Å²) in [4.78, 5) is 0. The van der Waals surface area contributed by atoms with Crippen molar-refractivity contribution in [1.29, 1.82) is 0 Å². The fourth-order valence-corrected chi connectivity index (χ4v) is 1.99. The van der Waals surface area contributed by atoms with Crippen LogP contribution in [-0.2, 0) is 0 Å². The van der Waals surface area contributed by atoms with Gasteiger partial charge in [-0.25, -0.2) is 4.58 Å². The predicted molar refractivity (Wildman–Crippen MR) is 54.0 cm³/mol. The van der Waals surface area contributed by atoms with E-state index < -0.39 is 0 Å². The molecule has 0 amide bonds. The van der Waals surface area contributed by atoms with Gasteiger partial charge in [0.15, 0.2) is 0 Å². The Bertz CT molecular complexity index is 149. The first-order valence-corrected chi connectivity index (χ1v) is 5.38. The molecule has 1 aliphatic rings. The van der Waals surface area contributed by atoms with Crippen molar-refractivity contribution in [2.24, 2.45) is 5.92 Å². The molecule has 70 valence electrons. The lowest BCUT2D eigenvalue weighted by atomic mass is 9.95. The summed E-state index contributed by atoms with van der Waals surface area (Å²) in [6.45, 7) is 3.54. The normalized spacial score (nSPS) is 23.8. The van der Waals surface area contributed by atoms with Gasteiger partial charge in [-0.1, -0.05) is 26.2 Å². The zero-order valence-corrected chi connectivity index (χ0v) is 8.55. The van der Waals surface area contributed by atoms with E-state index in [9.17, 15) is 0 Å². The molecule has 0 fully saturated rings. The lowest BCUT2D eigenvalue weighted by molar-refractivity contribution is -0.500. The summed E-state index contributed by atoms with van der Waals surface area (Å²) in [7, 11) is 2.20. The Morgan fingerprint density at radius 3 is 2.92 bits per heavy atom. The van der Waals surface area contributed by atoms with Gasteiger partial charge in [0.25, 0.3) is 0 Å². The van der Waals surface area contributed by atoms with Crippen LogP contribution in [0.1, 0.15) is 45.4 Å². The Labute approximate surface area is 76.5 Å². The number of hydrogen-bond acceptors (Lipinski definition) is 0. The molecule has 1 heteroatoms. The number of hydrogen-bond donors (Lipinski definition) is 0. The highest BCUT2D eigenvalue weighted by atomic mass is 15.0. The van der Waals surface area contributed by atoms with Crippen molar-refractivity contribution in [3.8, 4) is 0 Å². The molecule has 0 saturated carbocycles. The fourth-order valence-electron chi connectivity index (χ4n) is 1.99. The molecule has 1 aliphatic heterocycles. The topological polar surface area (TPSA) is 3.01 Å².